The van der Waals surface area contributed by atoms with Gasteiger partial charge in [0, 0.05) is 43.7 Å². The highest BCUT2D eigenvalue weighted by Gasteiger charge is 2.36. The maximum atomic E-state index is 14.9. The normalized spacial score (nSPS) is 11.1. The van der Waals surface area contributed by atoms with Crippen LogP contribution >= 0.6 is 0 Å². The molecule has 0 spiro atoms. The maximum Gasteiger partial charge on any atom is 0.415 e. The minimum absolute atomic E-state index is 0.0128. The number of benzene rings is 6. The van der Waals surface area contributed by atoms with E-state index in [-0.39, 0.29) is 39.7 Å². The summed E-state index contributed by atoms with van der Waals surface area (Å²) >= 11 is 0. The molecule has 2 aromatic heterocycles. The summed E-state index contributed by atoms with van der Waals surface area (Å²) in [6.07, 6.45) is -4.89. The van der Waals surface area contributed by atoms with Crippen molar-refractivity contribution in [3.05, 3.63) is 171 Å². The van der Waals surface area contributed by atoms with Crippen LogP contribution in [0.2, 0.25) is 0 Å². The second-order valence-electron chi connectivity index (χ2n) is 12.2. The van der Waals surface area contributed by atoms with Crippen molar-refractivity contribution in [3.63, 3.8) is 0 Å². The van der Waals surface area contributed by atoms with Gasteiger partial charge in [0.1, 0.15) is 0 Å². The predicted octanol–water partition coefficient (Wildman–Crippen LogP) is 13.2. The standard InChI is InChI=1S/C43H17F3N8/c1-48-25-10-14-29-28-13-9-24(23-47)19-36(28)53(37(29)20-25)35-18-17-32(40-33(43(44,45)46)7-6-8-34(40)51-4)42(41(35)52-5)54-38-21-26(49-2)11-15-30(38)31-16-12-27(50-3)22-39(31)54/h6-22H. The van der Waals surface area contributed by atoms with Crippen LogP contribution in [0, 0.1) is 44.2 Å². The van der Waals surface area contributed by atoms with E-state index in [0.29, 0.717) is 54.9 Å². The first kappa shape index (κ1) is 32.8. The molecule has 0 amide bonds. The SMILES string of the molecule is [C-]#[N+]c1ccc2c3ccc(C#N)cc3n(-c3ccc(-c4c([N+]#[C-])cccc4C(F)(F)F)c(-n4c5cc([N+]#[C-])ccc5c5ccc([N+]#[C-])cc54)c3[N+]#[C-])c2c1. The number of rotatable bonds is 3. The Kier molecular flexibility index (Phi) is 7.39. The minimum Gasteiger partial charge on any atom is -0.321 e. The molecular formula is C43H17F3N8. The summed E-state index contributed by atoms with van der Waals surface area (Å²) in [4.78, 5) is 18.3. The number of nitrogens with zero attached hydrogens (tertiary/aromatic N) is 8. The fourth-order valence-corrected chi connectivity index (χ4v) is 7.22. The molecule has 0 atom stereocenters. The highest BCUT2D eigenvalue weighted by atomic mass is 19.4. The van der Waals surface area contributed by atoms with E-state index in [1.165, 1.54) is 18.2 Å². The number of halogens is 3. The molecule has 250 valence electrons. The lowest BCUT2D eigenvalue weighted by molar-refractivity contribution is -0.137. The van der Waals surface area contributed by atoms with Gasteiger partial charge in [-0.3, -0.25) is 0 Å². The molecular weight excluding hydrogens is 686 g/mol. The number of hydrogen-bond acceptors (Lipinski definition) is 1. The molecule has 0 fully saturated rings. The summed E-state index contributed by atoms with van der Waals surface area (Å²) in [5, 5.41) is 12.5. The number of fused-ring (bicyclic) bond motifs is 6. The second kappa shape index (κ2) is 12.2. The quantitative estimate of drug-likeness (QED) is 0.169. The van der Waals surface area contributed by atoms with Crippen LogP contribution in [-0.4, -0.2) is 9.13 Å². The van der Waals surface area contributed by atoms with E-state index in [2.05, 4.69) is 30.3 Å². The fourth-order valence-electron chi connectivity index (χ4n) is 7.22. The monoisotopic (exact) mass is 702 g/mol. The van der Waals surface area contributed by atoms with Crippen molar-refractivity contribution in [2.75, 3.05) is 0 Å². The van der Waals surface area contributed by atoms with Gasteiger partial charge in [0.15, 0.2) is 22.7 Å². The topological polar surface area (TPSA) is 55.4 Å². The Balaban J connectivity index is 1.66. The molecule has 0 N–H and O–H groups in total. The molecule has 0 aliphatic heterocycles. The predicted molar refractivity (Wildman–Crippen MR) is 202 cm³/mol. The highest BCUT2D eigenvalue weighted by molar-refractivity contribution is 6.14. The van der Waals surface area contributed by atoms with Crippen LogP contribution in [0.1, 0.15) is 11.1 Å². The van der Waals surface area contributed by atoms with Crippen LogP contribution in [0.15, 0.2) is 103 Å². The molecule has 8 aromatic rings. The third-order valence-electron chi connectivity index (χ3n) is 9.45. The van der Waals surface area contributed by atoms with Crippen molar-refractivity contribution in [1.29, 1.82) is 5.26 Å². The van der Waals surface area contributed by atoms with E-state index in [0.717, 1.165) is 12.1 Å². The highest BCUT2D eigenvalue weighted by Crippen LogP contribution is 2.51. The summed E-state index contributed by atoms with van der Waals surface area (Å²) in [6.45, 7) is 39.9. The zero-order chi connectivity index (χ0) is 37.9. The molecule has 0 saturated heterocycles. The third-order valence-corrected chi connectivity index (χ3v) is 9.45. The van der Waals surface area contributed by atoms with Gasteiger partial charge in [-0.05, 0) is 42.0 Å². The van der Waals surface area contributed by atoms with Crippen LogP contribution in [0.5, 0.6) is 0 Å². The summed E-state index contributed by atoms with van der Waals surface area (Å²) in [5.41, 5.74) is 1.10. The lowest BCUT2D eigenvalue weighted by Gasteiger charge is -2.23. The second-order valence-corrected chi connectivity index (χ2v) is 12.2. The Morgan fingerprint density at radius 2 is 1.07 bits per heavy atom. The third kappa shape index (κ3) is 4.80. The molecule has 0 saturated carbocycles. The summed E-state index contributed by atoms with van der Waals surface area (Å²) in [5.74, 6) is 0. The van der Waals surface area contributed by atoms with Gasteiger partial charge in [0.25, 0.3) is 0 Å². The lowest BCUT2D eigenvalue weighted by Crippen LogP contribution is -2.09. The van der Waals surface area contributed by atoms with E-state index < -0.39 is 17.3 Å². The Hall–Kier alpha value is -8.35. The summed E-state index contributed by atoms with van der Waals surface area (Å²) < 4.78 is 48.1. The van der Waals surface area contributed by atoms with Crippen LogP contribution in [0.25, 0.3) is 90.3 Å². The van der Waals surface area contributed by atoms with Gasteiger partial charge in [-0.15, -0.1) is 0 Å². The molecule has 0 aliphatic carbocycles. The van der Waals surface area contributed by atoms with Crippen molar-refractivity contribution >= 4 is 72.0 Å². The zero-order valence-electron chi connectivity index (χ0n) is 27.5. The van der Waals surface area contributed by atoms with Crippen molar-refractivity contribution in [2.24, 2.45) is 0 Å². The summed E-state index contributed by atoms with van der Waals surface area (Å²) in [6, 6.07) is 28.4. The largest absolute Gasteiger partial charge is 0.415 e. The molecule has 8 rings (SSSR count). The van der Waals surface area contributed by atoms with Gasteiger partial charge in [0.05, 0.1) is 66.9 Å². The van der Waals surface area contributed by atoms with Crippen molar-refractivity contribution in [1.82, 2.24) is 9.13 Å². The summed E-state index contributed by atoms with van der Waals surface area (Å²) in [7, 11) is 0. The molecule has 6 aromatic carbocycles. The van der Waals surface area contributed by atoms with Crippen molar-refractivity contribution in [2.45, 2.75) is 6.18 Å². The fraction of sp³-hybridized carbons (Fsp3) is 0.0233. The molecule has 8 nitrogen and oxygen atoms in total. The van der Waals surface area contributed by atoms with E-state index in [9.17, 15) is 18.4 Å². The molecule has 11 heteroatoms. The molecule has 54 heavy (non-hydrogen) atoms. The van der Waals surface area contributed by atoms with E-state index >= 15 is 0 Å². The number of alkyl halides is 3. The molecule has 0 unspecified atom stereocenters. The first-order chi connectivity index (χ1) is 26.1. The lowest BCUT2D eigenvalue weighted by atomic mass is 9.94. The number of aromatic nitrogens is 2. The zero-order valence-corrected chi connectivity index (χ0v) is 27.5. The molecule has 0 aliphatic rings. The van der Waals surface area contributed by atoms with Gasteiger partial charge in [-0.2, -0.15) is 18.4 Å². The Morgan fingerprint density at radius 1 is 0.556 bits per heavy atom. The van der Waals surface area contributed by atoms with Crippen molar-refractivity contribution < 1.29 is 13.2 Å². The molecule has 0 radical (unpaired) electrons. The average Bonchev–Trinajstić information content (AvgIpc) is 3.69. The molecule has 0 bridgehead atoms. The van der Waals surface area contributed by atoms with Gasteiger partial charge >= 0.3 is 6.18 Å². The smallest absolute Gasteiger partial charge is 0.321 e. The minimum atomic E-state index is -4.89. The van der Waals surface area contributed by atoms with Gasteiger partial charge < -0.3 is 9.13 Å². The Labute approximate surface area is 305 Å². The molecule has 2 heterocycles. The first-order valence-corrected chi connectivity index (χ1v) is 16.0. The Morgan fingerprint density at radius 3 is 1.56 bits per heavy atom. The van der Waals surface area contributed by atoms with Gasteiger partial charge in [-0.1, -0.05) is 66.7 Å². The van der Waals surface area contributed by atoms with Crippen LogP contribution < -0.4 is 0 Å². The van der Waals surface area contributed by atoms with Crippen LogP contribution in [0.4, 0.5) is 41.6 Å². The van der Waals surface area contributed by atoms with Gasteiger partial charge in [-0.25, -0.2) is 24.2 Å². The number of nitriles is 1. The van der Waals surface area contributed by atoms with Crippen molar-refractivity contribution in [3.8, 4) is 28.6 Å². The van der Waals surface area contributed by atoms with E-state index in [4.69, 9.17) is 32.9 Å². The Bertz CT molecular complexity index is 3090. The van der Waals surface area contributed by atoms with Crippen LogP contribution in [-0.2, 0) is 6.18 Å². The average molecular weight is 703 g/mol. The van der Waals surface area contributed by atoms with E-state index in [1.54, 1.807) is 81.9 Å². The first-order valence-electron chi connectivity index (χ1n) is 16.0. The van der Waals surface area contributed by atoms with E-state index in [1.807, 2.05) is 0 Å². The maximum absolute atomic E-state index is 14.9. The number of hydrogen-bond donors (Lipinski definition) is 0. The van der Waals surface area contributed by atoms with Crippen LogP contribution in [0.3, 0.4) is 0 Å². The van der Waals surface area contributed by atoms with Gasteiger partial charge in [0.2, 0.25) is 5.69 Å².